The molecule has 1 amide bonds. The topological polar surface area (TPSA) is 20.3 Å². The largest absolute Gasteiger partial charge is 0.311 e. The van der Waals surface area contributed by atoms with E-state index >= 15 is 0 Å². The van der Waals surface area contributed by atoms with Crippen molar-refractivity contribution in [1.29, 1.82) is 0 Å². The molecule has 2 aromatic rings. The van der Waals surface area contributed by atoms with E-state index in [0.717, 1.165) is 23.7 Å². The van der Waals surface area contributed by atoms with Crippen LogP contribution in [0.5, 0.6) is 0 Å². The summed E-state index contributed by atoms with van der Waals surface area (Å²) in [5.74, 6) is -2.88. The highest BCUT2D eigenvalue weighted by molar-refractivity contribution is 5.96. The molecule has 0 fully saturated rings. The summed E-state index contributed by atoms with van der Waals surface area (Å²) in [4.78, 5) is 13.9. The van der Waals surface area contributed by atoms with E-state index in [1.807, 2.05) is 37.3 Å². The third-order valence-electron chi connectivity index (χ3n) is 4.37. The maximum absolute atomic E-state index is 13.6. The molecule has 3 rings (SSSR count). The molecule has 0 saturated carbocycles. The average Bonchev–Trinajstić information content (AvgIpc) is 2.93. The van der Waals surface area contributed by atoms with Crippen molar-refractivity contribution in [2.45, 2.75) is 32.1 Å². The Morgan fingerprint density at radius 3 is 2.65 bits per heavy atom. The molecule has 23 heavy (non-hydrogen) atoms. The third-order valence-corrected chi connectivity index (χ3v) is 4.37. The fourth-order valence-electron chi connectivity index (χ4n) is 3.15. The quantitative estimate of drug-likeness (QED) is 0.805. The van der Waals surface area contributed by atoms with Crippen molar-refractivity contribution in [3.05, 3.63) is 65.2 Å². The van der Waals surface area contributed by atoms with Crippen LogP contribution in [0.15, 0.2) is 48.5 Å². The lowest BCUT2D eigenvalue weighted by molar-refractivity contribution is -0.118. The number of amides is 1. The maximum atomic E-state index is 13.6. The van der Waals surface area contributed by atoms with Crippen LogP contribution in [0.1, 0.15) is 42.9 Å². The number of rotatable bonds is 3. The Hall–Kier alpha value is -2.23. The summed E-state index contributed by atoms with van der Waals surface area (Å²) >= 11 is 0. The van der Waals surface area contributed by atoms with Crippen LogP contribution < -0.4 is 4.90 Å². The highest BCUT2D eigenvalue weighted by Crippen LogP contribution is 2.41. The summed E-state index contributed by atoms with van der Waals surface area (Å²) in [6.45, 7) is 3.24. The summed E-state index contributed by atoms with van der Waals surface area (Å²) in [5, 5.41) is 0. The molecule has 0 spiro atoms. The lowest BCUT2D eigenvalue weighted by Gasteiger charge is -2.18. The number of para-hydroxylation sites is 1. The van der Waals surface area contributed by atoms with Gasteiger partial charge in [-0.1, -0.05) is 43.3 Å². The minimum atomic E-state index is -2.87. The molecule has 120 valence electrons. The van der Waals surface area contributed by atoms with Crippen molar-refractivity contribution in [3.63, 3.8) is 0 Å². The standard InChI is InChI=1S/C19H19F2NO/c1-3-18(23)22-12-16(15-9-4-5-10-17(15)22)13-7-6-8-14(11-13)19(2,20)21/h4-11,16H,3,12H2,1-2H3. The van der Waals surface area contributed by atoms with Gasteiger partial charge < -0.3 is 4.90 Å². The minimum absolute atomic E-state index is 0.00718. The molecule has 0 bridgehead atoms. The van der Waals surface area contributed by atoms with Gasteiger partial charge in [-0.25, -0.2) is 8.78 Å². The number of carbonyl (C=O) groups excluding carboxylic acids is 1. The number of alkyl halides is 2. The van der Waals surface area contributed by atoms with Crippen LogP contribution in [-0.4, -0.2) is 12.5 Å². The second kappa shape index (κ2) is 5.76. The number of fused-ring (bicyclic) bond motifs is 1. The van der Waals surface area contributed by atoms with Crippen molar-refractivity contribution < 1.29 is 13.6 Å². The smallest absolute Gasteiger partial charge is 0.270 e. The van der Waals surface area contributed by atoms with Crippen molar-refractivity contribution in [1.82, 2.24) is 0 Å². The highest BCUT2D eigenvalue weighted by Gasteiger charge is 2.33. The SMILES string of the molecule is CCC(=O)N1CC(c2cccc(C(C)(F)F)c2)c2ccccc21. The van der Waals surface area contributed by atoms with Crippen molar-refractivity contribution >= 4 is 11.6 Å². The molecule has 1 aliphatic heterocycles. The van der Waals surface area contributed by atoms with Gasteiger partial charge in [0.1, 0.15) is 0 Å². The van der Waals surface area contributed by atoms with Gasteiger partial charge in [0, 0.05) is 37.1 Å². The van der Waals surface area contributed by atoms with Gasteiger partial charge in [-0.3, -0.25) is 4.79 Å². The van der Waals surface area contributed by atoms with Gasteiger partial charge in [0.25, 0.3) is 5.92 Å². The zero-order valence-corrected chi connectivity index (χ0v) is 13.2. The molecule has 1 atom stereocenters. The Bertz CT molecular complexity index is 736. The molecule has 0 aromatic heterocycles. The molecule has 0 aliphatic carbocycles. The molecule has 0 radical (unpaired) electrons. The summed E-state index contributed by atoms with van der Waals surface area (Å²) in [6, 6.07) is 14.2. The van der Waals surface area contributed by atoms with Gasteiger partial charge in [-0.2, -0.15) is 0 Å². The van der Waals surface area contributed by atoms with Crippen molar-refractivity contribution in [2.24, 2.45) is 0 Å². The number of benzene rings is 2. The second-order valence-corrected chi connectivity index (χ2v) is 5.98. The van der Waals surface area contributed by atoms with E-state index in [0.29, 0.717) is 13.0 Å². The maximum Gasteiger partial charge on any atom is 0.270 e. The first-order chi connectivity index (χ1) is 10.9. The Labute approximate surface area is 134 Å². The molecule has 2 nitrogen and oxygen atoms in total. The molecule has 0 saturated heterocycles. The minimum Gasteiger partial charge on any atom is -0.311 e. The van der Waals surface area contributed by atoms with E-state index < -0.39 is 5.92 Å². The predicted octanol–water partition coefficient (Wildman–Crippen LogP) is 4.69. The molecule has 1 unspecified atom stereocenters. The number of hydrogen-bond acceptors (Lipinski definition) is 1. The normalized spacial score (nSPS) is 17.2. The van der Waals surface area contributed by atoms with E-state index in [1.54, 1.807) is 17.0 Å². The van der Waals surface area contributed by atoms with Crippen molar-refractivity contribution in [2.75, 3.05) is 11.4 Å². The monoisotopic (exact) mass is 315 g/mol. The first-order valence-corrected chi connectivity index (χ1v) is 7.79. The Balaban J connectivity index is 2.03. The molecule has 1 aliphatic rings. The lowest BCUT2D eigenvalue weighted by atomic mass is 9.91. The Morgan fingerprint density at radius 1 is 1.22 bits per heavy atom. The van der Waals surface area contributed by atoms with Gasteiger partial charge in [-0.05, 0) is 23.3 Å². The molecule has 1 heterocycles. The van der Waals surface area contributed by atoms with Gasteiger partial charge >= 0.3 is 0 Å². The van der Waals surface area contributed by atoms with Crippen molar-refractivity contribution in [3.8, 4) is 0 Å². The number of hydrogen-bond donors (Lipinski definition) is 0. The lowest BCUT2D eigenvalue weighted by Crippen LogP contribution is -2.29. The van der Waals surface area contributed by atoms with E-state index in [1.165, 1.54) is 6.07 Å². The van der Waals surface area contributed by atoms with Gasteiger partial charge in [0.05, 0.1) is 0 Å². The predicted molar refractivity (Wildman–Crippen MR) is 86.9 cm³/mol. The van der Waals surface area contributed by atoms with E-state index in [-0.39, 0.29) is 17.4 Å². The van der Waals surface area contributed by atoms with Crippen LogP contribution in [0.4, 0.5) is 14.5 Å². The summed E-state index contributed by atoms with van der Waals surface area (Å²) in [5.41, 5.74) is 2.74. The van der Waals surface area contributed by atoms with E-state index in [2.05, 4.69) is 0 Å². The molecular formula is C19H19F2NO. The van der Waals surface area contributed by atoms with E-state index in [4.69, 9.17) is 0 Å². The summed E-state index contributed by atoms with van der Waals surface area (Å²) in [7, 11) is 0. The van der Waals surface area contributed by atoms with Crippen LogP contribution in [0.3, 0.4) is 0 Å². The molecule has 0 N–H and O–H groups in total. The zero-order chi connectivity index (χ0) is 16.6. The van der Waals surface area contributed by atoms with Gasteiger partial charge in [0.15, 0.2) is 0 Å². The van der Waals surface area contributed by atoms with Gasteiger partial charge in [-0.15, -0.1) is 0 Å². The molecule has 4 heteroatoms. The highest BCUT2D eigenvalue weighted by atomic mass is 19.3. The third kappa shape index (κ3) is 2.85. The Kier molecular flexibility index (Phi) is 3.92. The van der Waals surface area contributed by atoms with Crippen LogP contribution in [0, 0.1) is 0 Å². The van der Waals surface area contributed by atoms with Crippen LogP contribution in [0.25, 0.3) is 0 Å². The summed E-state index contributed by atoms with van der Waals surface area (Å²) < 4.78 is 27.2. The summed E-state index contributed by atoms with van der Waals surface area (Å²) in [6.07, 6.45) is 0.425. The first-order valence-electron chi connectivity index (χ1n) is 7.79. The van der Waals surface area contributed by atoms with Crippen LogP contribution >= 0.6 is 0 Å². The zero-order valence-electron chi connectivity index (χ0n) is 13.2. The first kappa shape index (κ1) is 15.7. The molecule has 2 aromatic carbocycles. The average molecular weight is 315 g/mol. The number of anilines is 1. The second-order valence-electron chi connectivity index (χ2n) is 5.98. The number of carbonyl (C=O) groups is 1. The fraction of sp³-hybridized carbons (Fsp3) is 0.316. The number of nitrogens with zero attached hydrogens (tertiary/aromatic N) is 1. The van der Waals surface area contributed by atoms with Crippen LogP contribution in [0.2, 0.25) is 0 Å². The molecular weight excluding hydrogens is 296 g/mol. The van der Waals surface area contributed by atoms with Gasteiger partial charge in [0.2, 0.25) is 5.91 Å². The number of halogens is 2. The fourth-order valence-corrected chi connectivity index (χ4v) is 3.15. The van der Waals surface area contributed by atoms with Crippen LogP contribution in [-0.2, 0) is 10.7 Å². The van der Waals surface area contributed by atoms with E-state index in [9.17, 15) is 13.6 Å². The Morgan fingerprint density at radius 2 is 1.96 bits per heavy atom.